The van der Waals surface area contributed by atoms with E-state index in [2.05, 4.69) is 12.2 Å². The fourth-order valence-electron chi connectivity index (χ4n) is 11.7. The van der Waals surface area contributed by atoms with Gasteiger partial charge in [-0.25, -0.2) is 14.4 Å². The van der Waals surface area contributed by atoms with Gasteiger partial charge in [0.2, 0.25) is 0 Å². The van der Waals surface area contributed by atoms with Crippen LogP contribution in [0.25, 0.3) is 0 Å². The Bertz CT molecular complexity index is 2030. The molecule has 2 aromatic carbocycles. The van der Waals surface area contributed by atoms with Crippen LogP contribution in [0.15, 0.2) is 71.8 Å². The van der Waals surface area contributed by atoms with E-state index in [1.807, 2.05) is 116 Å². The number of ketones is 1. The van der Waals surface area contributed by atoms with Crippen LogP contribution in [0.5, 0.6) is 0 Å². The lowest BCUT2D eigenvalue weighted by molar-refractivity contribution is -0.302. The van der Waals surface area contributed by atoms with E-state index in [0.717, 1.165) is 11.1 Å². The summed E-state index contributed by atoms with van der Waals surface area (Å²) in [7, 11) is 0. The van der Waals surface area contributed by atoms with Gasteiger partial charge in [-0.15, -0.1) is 0 Å². The largest absolute Gasteiger partial charge is 0.508 e. The van der Waals surface area contributed by atoms with Crippen molar-refractivity contribution in [2.24, 2.45) is 39.9 Å². The summed E-state index contributed by atoms with van der Waals surface area (Å²) >= 11 is 0. The molecule has 3 aliphatic carbocycles. The van der Waals surface area contributed by atoms with E-state index in [0.29, 0.717) is 30.6 Å². The van der Waals surface area contributed by atoms with Gasteiger partial charge in [-0.2, -0.15) is 0 Å². The smallest absolute Gasteiger partial charge is 0.456 e. The highest BCUT2D eigenvalue weighted by molar-refractivity contribution is 5.91. The predicted molar refractivity (Wildman–Crippen MR) is 238 cm³/mol. The van der Waals surface area contributed by atoms with E-state index in [1.54, 1.807) is 20.8 Å². The molecule has 11 atom stereocenters. The Kier molecular flexibility index (Phi) is 14.5. The number of amides is 1. The molecule has 2 unspecified atom stereocenters. The summed E-state index contributed by atoms with van der Waals surface area (Å²) in [5.41, 5.74) is -2.11. The number of esters is 1. The molecule has 1 saturated heterocycles. The van der Waals surface area contributed by atoms with Crippen molar-refractivity contribution in [3.8, 4) is 0 Å². The van der Waals surface area contributed by atoms with Gasteiger partial charge in [0.1, 0.15) is 37.0 Å². The molecule has 1 heterocycles. The van der Waals surface area contributed by atoms with E-state index in [9.17, 15) is 19.5 Å². The average molecular weight is 890 g/mol. The molecule has 1 amide bonds. The number of carbonyl (C=O) groups is 4. The normalized spacial score (nSPS) is 31.8. The molecule has 0 aromatic heterocycles. The van der Waals surface area contributed by atoms with Crippen LogP contribution in [0.1, 0.15) is 113 Å². The first-order valence-electron chi connectivity index (χ1n) is 22.8. The molecular formula is C51H71NO12. The number of carbonyl (C=O) groups excluding carboxylic acids is 4. The summed E-state index contributed by atoms with van der Waals surface area (Å²) in [5.74, 6) is -2.78. The van der Waals surface area contributed by atoms with Crippen molar-refractivity contribution in [3.05, 3.63) is 82.9 Å². The lowest BCUT2D eigenvalue weighted by atomic mass is 9.40. The maximum Gasteiger partial charge on any atom is 0.508 e. The number of alkyl carbamates (subject to hydrolysis) is 1. The van der Waals surface area contributed by atoms with Crippen LogP contribution in [-0.2, 0) is 56.0 Å². The summed E-state index contributed by atoms with van der Waals surface area (Å²) in [6, 6.07) is 18.0. The number of benzene rings is 2. The van der Waals surface area contributed by atoms with Crippen molar-refractivity contribution in [2.45, 2.75) is 157 Å². The monoisotopic (exact) mass is 889 g/mol. The minimum absolute atomic E-state index is 0.00690. The summed E-state index contributed by atoms with van der Waals surface area (Å²) in [6.07, 6.45) is -4.51. The van der Waals surface area contributed by atoms with Gasteiger partial charge >= 0.3 is 18.2 Å². The second kappa shape index (κ2) is 18.9. The van der Waals surface area contributed by atoms with Crippen LogP contribution >= 0.6 is 0 Å². The number of nitrogens with one attached hydrogen (secondary N) is 1. The van der Waals surface area contributed by atoms with Gasteiger partial charge in [0.25, 0.3) is 0 Å². The lowest BCUT2D eigenvalue weighted by Gasteiger charge is -2.68. The zero-order valence-corrected chi connectivity index (χ0v) is 39.9. The average Bonchev–Trinajstić information content (AvgIpc) is 3.21. The van der Waals surface area contributed by atoms with E-state index < -0.39 is 87.8 Å². The Morgan fingerprint density at radius 3 is 2.09 bits per heavy atom. The highest BCUT2D eigenvalue weighted by atomic mass is 16.7. The van der Waals surface area contributed by atoms with Gasteiger partial charge in [0.05, 0.1) is 36.4 Å². The quantitative estimate of drug-likeness (QED) is 0.0610. The maximum absolute atomic E-state index is 15.5. The van der Waals surface area contributed by atoms with Crippen LogP contribution in [0.2, 0.25) is 0 Å². The highest BCUT2D eigenvalue weighted by Gasteiger charge is 2.73. The number of hydrogen-bond acceptors (Lipinski definition) is 12. The van der Waals surface area contributed by atoms with Crippen LogP contribution in [-0.4, -0.2) is 84.2 Å². The molecular weight excluding hydrogens is 819 g/mol. The number of ether oxygens (including phenoxy) is 7. The minimum atomic E-state index is -1.55. The summed E-state index contributed by atoms with van der Waals surface area (Å²) < 4.78 is 42.1. The second-order valence-electron chi connectivity index (χ2n) is 21.0. The number of fused-ring (bicyclic) bond motifs is 5. The van der Waals surface area contributed by atoms with Crippen LogP contribution in [0.3, 0.4) is 0 Å². The fraction of sp³-hybridized carbons (Fsp3) is 0.647. The van der Waals surface area contributed by atoms with Gasteiger partial charge in [0, 0.05) is 29.6 Å². The maximum atomic E-state index is 15.5. The van der Waals surface area contributed by atoms with E-state index in [4.69, 9.17) is 33.2 Å². The van der Waals surface area contributed by atoms with Gasteiger partial charge in [-0.05, 0) is 81.1 Å². The molecule has 13 heteroatoms. The number of aliphatic hydroxyl groups is 1. The van der Waals surface area contributed by atoms with Crippen molar-refractivity contribution < 1.29 is 57.4 Å². The first-order valence-corrected chi connectivity index (χ1v) is 22.8. The second-order valence-corrected chi connectivity index (χ2v) is 21.0. The molecule has 64 heavy (non-hydrogen) atoms. The Hall–Kier alpha value is -4.30. The Labute approximate surface area is 379 Å². The van der Waals surface area contributed by atoms with Gasteiger partial charge in [-0.1, -0.05) is 109 Å². The SMILES string of the molecule is CC1=C2C(C)C(=O)[C@]3(C)[C@@H](OC(=O)OCc4ccccc4)C[C@H]4OC[C@@]4(C)[C@H]3[C@H](C)[C@](O)(C[C@@H]1OC(=O)C(OCOCc1ccccc1)[C@H](CC(C)C)NC(=O)OC(C)(C)C)C2(C)C. The zero-order chi connectivity index (χ0) is 47.0. The van der Waals surface area contributed by atoms with Crippen molar-refractivity contribution in [1.82, 2.24) is 5.32 Å². The van der Waals surface area contributed by atoms with Crippen LogP contribution < -0.4 is 5.32 Å². The molecule has 2 bridgehead atoms. The van der Waals surface area contributed by atoms with Crippen LogP contribution in [0.4, 0.5) is 9.59 Å². The standard InChI is InChI=1S/C51H71NO12/c1-30(2)23-36(52-45(55)64-47(6,7)8)41(61-29-58-26-34-19-15-13-16-20-34)44(54)62-37-25-51(57)33(5)42-49(11)28-60-38(49)24-39(63-46(56)59-27-35-21-17-14-18-22-35)50(42,12)43(53)32(4)40(31(37)3)48(51,9)10/h13-22,30,32-33,36-39,41-42,57H,23-29H2,1-12H3,(H,52,55)/t32?,33-,36-,37-,38+,39-,41?,42+,49+,50+,51+/m0/s1. The third kappa shape index (κ3) is 9.64. The number of rotatable bonds is 14. The third-order valence-electron chi connectivity index (χ3n) is 14.7. The first-order chi connectivity index (χ1) is 29.9. The first kappa shape index (κ1) is 49.1. The fourth-order valence-corrected chi connectivity index (χ4v) is 11.7. The van der Waals surface area contributed by atoms with Crippen molar-refractivity contribution in [2.75, 3.05) is 13.4 Å². The number of hydrogen-bond donors (Lipinski definition) is 2. The molecule has 2 aromatic rings. The summed E-state index contributed by atoms with van der Waals surface area (Å²) in [4.78, 5) is 57.0. The molecule has 1 aliphatic heterocycles. The molecule has 3 fully saturated rings. The molecule has 0 spiro atoms. The Balaban J connectivity index is 1.34. The zero-order valence-electron chi connectivity index (χ0n) is 39.9. The number of Topliss-reactive ketones (excluding diaryl/α,β-unsaturated/α-hetero) is 1. The topological polar surface area (TPSA) is 165 Å². The molecule has 2 N–H and O–H groups in total. The van der Waals surface area contributed by atoms with Gasteiger partial charge in [0.15, 0.2) is 6.10 Å². The van der Waals surface area contributed by atoms with E-state index in [-0.39, 0.29) is 44.2 Å². The van der Waals surface area contributed by atoms with Gasteiger partial charge in [-0.3, -0.25) is 4.79 Å². The summed E-state index contributed by atoms with van der Waals surface area (Å²) in [6.45, 7) is 23.1. The molecule has 6 rings (SSSR count). The minimum Gasteiger partial charge on any atom is -0.456 e. The van der Waals surface area contributed by atoms with Crippen molar-refractivity contribution in [3.63, 3.8) is 0 Å². The van der Waals surface area contributed by atoms with Crippen molar-refractivity contribution in [1.29, 1.82) is 0 Å². The highest BCUT2D eigenvalue weighted by Crippen LogP contribution is 2.68. The van der Waals surface area contributed by atoms with Crippen molar-refractivity contribution >= 4 is 24.0 Å². The van der Waals surface area contributed by atoms with E-state index >= 15 is 4.79 Å². The Morgan fingerprint density at radius 2 is 1.53 bits per heavy atom. The summed E-state index contributed by atoms with van der Waals surface area (Å²) in [5, 5.41) is 16.4. The van der Waals surface area contributed by atoms with Gasteiger partial charge < -0.3 is 43.6 Å². The third-order valence-corrected chi connectivity index (χ3v) is 14.7. The molecule has 2 saturated carbocycles. The molecule has 0 radical (unpaired) electrons. The lowest BCUT2D eigenvalue weighted by Crippen LogP contribution is -2.74. The van der Waals surface area contributed by atoms with Crippen LogP contribution in [0, 0.1) is 39.9 Å². The molecule has 13 nitrogen and oxygen atoms in total. The molecule has 352 valence electrons. The van der Waals surface area contributed by atoms with E-state index in [1.165, 1.54) is 0 Å². The predicted octanol–water partition coefficient (Wildman–Crippen LogP) is 8.88. The Morgan fingerprint density at radius 1 is 0.922 bits per heavy atom. The molecule has 4 aliphatic rings.